The van der Waals surface area contributed by atoms with E-state index >= 15 is 0 Å². The normalized spacial score (nSPS) is 40.2. The third-order valence-corrected chi connectivity index (χ3v) is 3.89. The van der Waals surface area contributed by atoms with Crippen molar-refractivity contribution in [2.75, 3.05) is 0 Å². The Morgan fingerprint density at radius 1 is 1.43 bits per heavy atom. The lowest BCUT2D eigenvalue weighted by Crippen LogP contribution is -2.39. The zero-order chi connectivity index (χ0) is 10.2. The maximum Gasteiger partial charge on any atom is 0.0837 e. The van der Waals surface area contributed by atoms with Crippen LogP contribution >= 0.6 is 0 Å². The van der Waals surface area contributed by atoms with Crippen LogP contribution in [0.2, 0.25) is 0 Å². The van der Waals surface area contributed by atoms with Gasteiger partial charge in [0.2, 0.25) is 0 Å². The Morgan fingerprint density at radius 3 is 2.64 bits per heavy atom. The van der Waals surface area contributed by atoms with E-state index < -0.39 is 5.41 Å². The Balaban J connectivity index is 2.11. The second-order valence-electron chi connectivity index (χ2n) is 5.25. The first kappa shape index (κ1) is 9.98. The standard InChI is InChI=1S/C12H19NO/c1-9-3-2-6-12(7-9,8-13)11(14)10-4-5-10/h9-11,14H,2-7H2,1H3. The molecule has 0 amide bonds. The van der Waals surface area contributed by atoms with Gasteiger partial charge in [0.25, 0.3) is 0 Å². The van der Waals surface area contributed by atoms with Crippen LogP contribution in [0.15, 0.2) is 0 Å². The summed E-state index contributed by atoms with van der Waals surface area (Å²) in [6, 6.07) is 2.42. The molecular weight excluding hydrogens is 174 g/mol. The molecule has 3 unspecified atom stereocenters. The van der Waals surface area contributed by atoms with E-state index in [9.17, 15) is 10.4 Å². The highest BCUT2D eigenvalue weighted by molar-refractivity contribution is 5.09. The van der Waals surface area contributed by atoms with Crippen LogP contribution < -0.4 is 0 Å². The minimum atomic E-state index is -0.404. The fraction of sp³-hybridized carbons (Fsp3) is 0.917. The Bertz CT molecular complexity index is 254. The molecule has 2 aliphatic carbocycles. The van der Waals surface area contributed by atoms with E-state index in [1.165, 1.54) is 6.42 Å². The van der Waals surface area contributed by atoms with Gasteiger partial charge in [-0.25, -0.2) is 0 Å². The summed E-state index contributed by atoms with van der Waals surface area (Å²) in [4.78, 5) is 0. The van der Waals surface area contributed by atoms with Gasteiger partial charge in [0.05, 0.1) is 17.6 Å². The minimum Gasteiger partial charge on any atom is -0.391 e. The molecule has 0 spiro atoms. The number of aliphatic hydroxyl groups is 1. The molecular formula is C12H19NO. The van der Waals surface area contributed by atoms with Gasteiger partial charge in [0.15, 0.2) is 0 Å². The van der Waals surface area contributed by atoms with Gasteiger partial charge < -0.3 is 5.11 Å². The molecule has 0 aromatic carbocycles. The second kappa shape index (κ2) is 3.55. The number of nitriles is 1. The van der Waals surface area contributed by atoms with Crippen molar-refractivity contribution in [3.8, 4) is 6.07 Å². The summed E-state index contributed by atoms with van der Waals surface area (Å²) >= 11 is 0. The van der Waals surface area contributed by atoms with Crippen LogP contribution in [0.25, 0.3) is 0 Å². The second-order valence-corrected chi connectivity index (χ2v) is 5.25. The lowest BCUT2D eigenvalue weighted by molar-refractivity contribution is 0.00810. The topological polar surface area (TPSA) is 44.0 Å². The molecule has 0 saturated heterocycles. The number of hydrogen-bond donors (Lipinski definition) is 1. The first-order valence-corrected chi connectivity index (χ1v) is 5.77. The molecule has 0 bridgehead atoms. The lowest BCUT2D eigenvalue weighted by atomic mass is 9.66. The van der Waals surface area contributed by atoms with Crippen molar-refractivity contribution in [2.45, 2.75) is 51.6 Å². The number of nitrogens with zero attached hydrogens (tertiary/aromatic N) is 1. The van der Waals surface area contributed by atoms with E-state index in [2.05, 4.69) is 13.0 Å². The van der Waals surface area contributed by atoms with Crippen molar-refractivity contribution in [1.82, 2.24) is 0 Å². The molecule has 0 aromatic rings. The van der Waals surface area contributed by atoms with Crippen molar-refractivity contribution < 1.29 is 5.11 Å². The molecule has 2 nitrogen and oxygen atoms in total. The predicted octanol–water partition coefficient (Wildman–Crippen LogP) is 2.48. The molecule has 0 radical (unpaired) electrons. The summed E-state index contributed by atoms with van der Waals surface area (Å²) in [6.45, 7) is 2.20. The van der Waals surface area contributed by atoms with Crippen LogP contribution in [-0.4, -0.2) is 11.2 Å². The van der Waals surface area contributed by atoms with Gasteiger partial charge in [0.1, 0.15) is 0 Å². The van der Waals surface area contributed by atoms with E-state index in [4.69, 9.17) is 0 Å². The van der Waals surface area contributed by atoms with Crippen LogP contribution in [0, 0.1) is 28.6 Å². The van der Waals surface area contributed by atoms with Crippen LogP contribution in [0.3, 0.4) is 0 Å². The number of rotatable bonds is 2. The van der Waals surface area contributed by atoms with Gasteiger partial charge >= 0.3 is 0 Å². The molecule has 2 fully saturated rings. The van der Waals surface area contributed by atoms with Crippen molar-refractivity contribution >= 4 is 0 Å². The van der Waals surface area contributed by atoms with Gasteiger partial charge in [-0.05, 0) is 37.5 Å². The van der Waals surface area contributed by atoms with Crippen molar-refractivity contribution in [2.24, 2.45) is 17.3 Å². The zero-order valence-corrected chi connectivity index (χ0v) is 8.87. The van der Waals surface area contributed by atoms with Crippen LogP contribution in [0.4, 0.5) is 0 Å². The van der Waals surface area contributed by atoms with Gasteiger partial charge in [-0.2, -0.15) is 5.26 Å². The largest absolute Gasteiger partial charge is 0.391 e. The molecule has 2 aliphatic rings. The molecule has 78 valence electrons. The van der Waals surface area contributed by atoms with Crippen molar-refractivity contribution in [1.29, 1.82) is 5.26 Å². The van der Waals surface area contributed by atoms with Crippen molar-refractivity contribution in [3.63, 3.8) is 0 Å². The van der Waals surface area contributed by atoms with E-state index in [0.717, 1.165) is 32.1 Å². The first-order valence-electron chi connectivity index (χ1n) is 5.77. The quantitative estimate of drug-likeness (QED) is 0.732. The fourth-order valence-electron chi connectivity index (χ4n) is 2.89. The Morgan fingerprint density at radius 2 is 2.14 bits per heavy atom. The predicted molar refractivity (Wildman–Crippen MR) is 54.4 cm³/mol. The molecule has 2 saturated carbocycles. The molecule has 2 rings (SSSR count). The summed E-state index contributed by atoms with van der Waals surface area (Å²) in [5.41, 5.74) is -0.404. The Kier molecular flexibility index (Phi) is 2.53. The number of hydrogen-bond acceptors (Lipinski definition) is 2. The molecule has 0 aliphatic heterocycles. The minimum absolute atomic E-state index is 0.352. The molecule has 0 aromatic heterocycles. The van der Waals surface area contributed by atoms with E-state index in [0.29, 0.717) is 11.8 Å². The summed E-state index contributed by atoms with van der Waals surface area (Å²) in [5, 5.41) is 19.5. The van der Waals surface area contributed by atoms with Crippen LogP contribution in [0.1, 0.15) is 45.4 Å². The van der Waals surface area contributed by atoms with Crippen molar-refractivity contribution in [3.05, 3.63) is 0 Å². The summed E-state index contributed by atoms with van der Waals surface area (Å²) in [6.07, 6.45) is 6.04. The summed E-state index contributed by atoms with van der Waals surface area (Å²) in [7, 11) is 0. The maximum absolute atomic E-state index is 10.2. The Hall–Kier alpha value is -0.550. The summed E-state index contributed by atoms with van der Waals surface area (Å²) in [5.74, 6) is 1.04. The van der Waals surface area contributed by atoms with Crippen LogP contribution in [-0.2, 0) is 0 Å². The fourth-order valence-corrected chi connectivity index (χ4v) is 2.89. The van der Waals surface area contributed by atoms with E-state index in [1.807, 2.05) is 0 Å². The highest BCUT2D eigenvalue weighted by atomic mass is 16.3. The van der Waals surface area contributed by atoms with E-state index in [-0.39, 0.29) is 6.10 Å². The van der Waals surface area contributed by atoms with Gasteiger partial charge in [-0.15, -0.1) is 0 Å². The highest BCUT2D eigenvalue weighted by Gasteiger charge is 2.47. The number of aliphatic hydroxyl groups excluding tert-OH is 1. The molecule has 3 atom stereocenters. The maximum atomic E-state index is 10.2. The summed E-state index contributed by atoms with van der Waals surface area (Å²) < 4.78 is 0. The van der Waals surface area contributed by atoms with E-state index in [1.54, 1.807) is 0 Å². The highest BCUT2D eigenvalue weighted by Crippen LogP contribution is 2.48. The van der Waals surface area contributed by atoms with Gasteiger partial charge in [-0.3, -0.25) is 0 Å². The van der Waals surface area contributed by atoms with Gasteiger partial charge in [0, 0.05) is 0 Å². The molecule has 14 heavy (non-hydrogen) atoms. The molecule has 1 N–H and O–H groups in total. The first-order chi connectivity index (χ1) is 6.68. The Labute approximate surface area is 85.9 Å². The average Bonchev–Trinajstić information content (AvgIpc) is 3.00. The monoisotopic (exact) mass is 193 g/mol. The third kappa shape index (κ3) is 1.66. The molecule has 2 heteroatoms. The lowest BCUT2D eigenvalue weighted by Gasteiger charge is -2.38. The average molecular weight is 193 g/mol. The van der Waals surface area contributed by atoms with Gasteiger partial charge in [-0.1, -0.05) is 19.8 Å². The molecule has 0 heterocycles. The van der Waals surface area contributed by atoms with Crippen LogP contribution in [0.5, 0.6) is 0 Å². The SMILES string of the molecule is CC1CCCC(C#N)(C(O)C2CC2)C1. The zero-order valence-electron chi connectivity index (χ0n) is 8.87. The smallest absolute Gasteiger partial charge is 0.0837 e. The third-order valence-electron chi connectivity index (χ3n) is 3.89.